The highest BCUT2D eigenvalue weighted by atomic mass is 35.5. The molecule has 5 nitrogen and oxygen atoms in total. The molecule has 94 valence electrons. The van der Waals surface area contributed by atoms with Crippen LogP contribution in [0.3, 0.4) is 0 Å². The molecule has 6 heteroatoms. The summed E-state index contributed by atoms with van der Waals surface area (Å²) >= 11 is 5.93. The molecule has 1 heterocycles. The average molecular weight is 265 g/mol. The molecule has 0 spiro atoms. The summed E-state index contributed by atoms with van der Waals surface area (Å²) in [6, 6.07) is 5.63. The van der Waals surface area contributed by atoms with Gasteiger partial charge in [0.25, 0.3) is 5.91 Å². The second-order valence-corrected chi connectivity index (χ2v) is 4.42. The fraction of sp³-hybridized carbons (Fsp3) is 0.250. The molecule has 1 amide bonds. The van der Waals surface area contributed by atoms with Crippen LogP contribution in [0.25, 0.3) is 0 Å². The Morgan fingerprint density at radius 2 is 2.28 bits per heavy atom. The number of nitrogens with one attached hydrogen (secondary N) is 1. The van der Waals surface area contributed by atoms with Crippen LogP contribution in [0.2, 0.25) is 5.02 Å². The summed E-state index contributed by atoms with van der Waals surface area (Å²) in [4.78, 5) is 15.6. The van der Waals surface area contributed by atoms with Gasteiger partial charge in [-0.05, 0) is 24.1 Å². The van der Waals surface area contributed by atoms with Crippen molar-refractivity contribution >= 4 is 17.5 Å². The molecule has 0 saturated carbocycles. The quantitative estimate of drug-likeness (QED) is 0.918. The lowest BCUT2D eigenvalue weighted by Crippen LogP contribution is -2.24. The summed E-state index contributed by atoms with van der Waals surface area (Å²) in [5, 5.41) is 7.40. The molecule has 0 saturated heterocycles. The third-order valence-corrected chi connectivity index (χ3v) is 2.90. The van der Waals surface area contributed by atoms with Gasteiger partial charge in [-0.15, -0.1) is 5.10 Å². The van der Waals surface area contributed by atoms with Gasteiger partial charge < -0.3 is 5.32 Å². The molecule has 0 aliphatic heterocycles. The van der Waals surface area contributed by atoms with Crippen molar-refractivity contribution in [2.24, 2.45) is 7.05 Å². The van der Waals surface area contributed by atoms with Crippen molar-refractivity contribution in [2.45, 2.75) is 13.5 Å². The van der Waals surface area contributed by atoms with E-state index in [0.29, 0.717) is 6.54 Å². The van der Waals surface area contributed by atoms with Crippen molar-refractivity contribution < 1.29 is 4.79 Å². The van der Waals surface area contributed by atoms with E-state index >= 15 is 0 Å². The van der Waals surface area contributed by atoms with Crippen LogP contribution in [0.15, 0.2) is 24.5 Å². The van der Waals surface area contributed by atoms with Crippen LogP contribution in [0.4, 0.5) is 0 Å². The van der Waals surface area contributed by atoms with Crippen molar-refractivity contribution in [3.63, 3.8) is 0 Å². The number of hydrogen-bond acceptors (Lipinski definition) is 3. The molecular weight excluding hydrogens is 252 g/mol. The number of carbonyl (C=O) groups is 1. The fourth-order valence-corrected chi connectivity index (χ4v) is 1.64. The molecule has 0 aliphatic carbocycles. The van der Waals surface area contributed by atoms with Crippen LogP contribution >= 0.6 is 11.6 Å². The molecule has 1 aromatic carbocycles. The predicted molar refractivity (Wildman–Crippen MR) is 68.4 cm³/mol. The van der Waals surface area contributed by atoms with Gasteiger partial charge in [-0.25, -0.2) is 4.98 Å². The summed E-state index contributed by atoms with van der Waals surface area (Å²) in [6.07, 6.45) is 1.49. The standard InChI is InChI=1S/C12H13ClN4O/c1-8-5-9(3-4-10(8)13)6-14-12(18)11-15-7-17(2)16-11/h3-5,7H,6H2,1-2H3,(H,14,18). The molecule has 1 N–H and O–H groups in total. The SMILES string of the molecule is Cc1cc(CNC(=O)c2ncn(C)n2)ccc1Cl. The molecule has 0 atom stereocenters. The summed E-state index contributed by atoms with van der Waals surface area (Å²) in [6.45, 7) is 2.35. The number of hydrogen-bond donors (Lipinski definition) is 1. The van der Waals surface area contributed by atoms with Crippen LogP contribution in [0.5, 0.6) is 0 Å². The van der Waals surface area contributed by atoms with Crippen molar-refractivity contribution in [2.75, 3.05) is 0 Å². The van der Waals surface area contributed by atoms with Gasteiger partial charge >= 0.3 is 0 Å². The normalized spacial score (nSPS) is 10.4. The smallest absolute Gasteiger partial charge is 0.291 e. The van der Waals surface area contributed by atoms with Gasteiger partial charge in [-0.1, -0.05) is 23.7 Å². The first-order valence-electron chi connectivity index (χ1n) is 5.45. The lowest BCUT2D eigenvalue weighted by Gasteiger charge is -2.05. The maximum atomic E-state index is 11.7. The van der Waals surface area contributed by atoms with Gasteiger partial charge in [0.1, 0.15) is 6.33 Å². The van der Waals surface area contributed by atoms with Crippen LogP contribution in [0.1, 0.15) is 21.7 Å². The predicted octanol–water partition coefficient (Wildman–Crippen LogP) is 1.71. The molecule has 2 aromatic rings. The molecule has 0 unspecified atom stereocenters. The molecule has 1 aromatic heterocycles. The zero-order valence-corrected chi connectivity index (χ0v) is 10.9. The number of rotatable bonds is 3. The number of carbonyl (C=O) groups excluding carboxylic acids is 1. The zero-order chi connectivity index (χ0) is 13.1. The van der Waals surface area contributed by atoms with Crippen LogP contribution in [-0.4, -0.2) is 20.7 Å². The van der Waals surface area contributed by atoms with E-state index < -0.39 is 0 Å². The number of amides is 1. The first kappa shape index (κ1) is 12.6. The monoisotopic (exact) mass is 264 g/mol. The first-order chi connectivity index (χ1) is 8.56. The zero-order valence-electron chi connectivity index (χ0n) is 10.1. The topological polar surface area (TPSA) is 59.8 Å². The Morgan fingerprint density at radius 1 is 1.50 bits per heavy atom. The second kappa shape index (κ2) is 5.18. The highest BCUT2D eigenvalue weighted by molar-refractivity contribution is 6.31. The fourth-order valence-electron chi connectivity index (χ4n) is 1.52. The van der Waals surface area contributed by atoms with Crippen LogP contribution in [0, 0.1) is 6.92 Å². The molecule has 2 rings (SSSR count). The summed E-state index contributed by atoms with van der Waals surface area (Å²) in [7, 11) is 1.71. The van der Waals surface area contributed by atoms with Gasteiger partial charge in [-0.2, -0.15) is 0 Å². The molecule has 0 fully saturated rings. The van der Waals surface area contributed by atoms with E-state index in [0.717, 1.165) is 16.1 Å². The van der Waals surface area contributed by atoms with E-state index in [2.05, 4.69) is 15.4 Å². The third-order valence-electron chi connectivity index (χ3n) is 2.48. The van der Waals surface area contributed by atoms with Gasteiger partial charge in [0.15, 0.2) is 0 Å². The minimum absolute atomic E-state index is 0.170. The molecule has 18 heavy (non-hydrogen) atoms. The number of aromatic nitrogens is 3. The second-order valence-electron chi connectivity index (χ2n) is 4.01. The minimum atomic E-state index is -0.289. The van der Waals surface area contributed by atoms with Gasteiger partial charge in [0, 0.05) is 18.6 Å². The average Bonchev–Trinajstić information content (AvgIpc) is 2.77. The Bertz CT molecular complexity index is 579. The van der Waals surface area contributed by atoms with E-state index in [4.69, 9.17) is 11.6 Å². The van der Waals surface area contributed by atoms with E-state index in [1.807, 2.05) is 25.1 Å². The number of nitrogens with zero attached hydrogens (tertiary/aromatic N) is 3. The van der Waals surface area contributed by atoms with Crippen LogP contribution in [-0.2, 0) is 13.6 Å². The lowest BCUT2D eigenvalue weighted by atomic mass is 10.1. The first-order valence-corrected chi connectivity index (χ1v) is 5.83. The Balaban J connectivity index is 1.99. The number of aryl methyl sites for hydroxylation is 2. The van der Waals surface area contributed by atoms with Gasteiger partial charge in [-0.3, -0.25) is 9.48 Å². The largest absolute Gasteiger partial charge is 0.345 e. The van der Waals surface area contributed by atoms with E-state index in [1.165, 1.54) is 11.0 Å². The number of benzene rings is 1. The van der Waals surface area contributed by atoms with Crippen molar-refractivity contribution in [1.29, 1.82) is 0 Å². The minimum Gasteiger partial charge on any atom is -0.345 e. The Morgan fingerprint density at radius 3 is 2.89 bits per heavy atom. The summed E-state index contributed by atoms with van der Waals surface area (Å²) < 4.78 is 1.49. The van der Waals surface area contributed by atoms with Crippen LogP contribution < -0.4 is 5.32 Å². The van der Waals surface area contributed by atoms with Gasteiger partial charge in [0.05, 0.1) is 0 Å². The Kier molecular flexibility index (Phi) is 3.62. The molecular formula is C12H13ClN4O. The highest BCUT2D eigenvalue weighted by Gasteiger charge is 2.09. The Labute approximate surface area is 110 Å². The Hall–Kier alpha value is -1.88. The van der Waals surface area contributed by atoms with Crippen molar-refractivity contribution in [3.8, 4) is 0 Å². The molecule has 0 bridgehead atoms. The molecule has 0 radical (unpaired) electrons. The van der Waals surface area contributed by atoms with E-state index in [-0.39, 0.29) is 11.7 Å². The maximum absolute atomic E-state index is 11.7. The highest BCUT2D eigenvalue weighted by Crippen LogP contribution is 2.16. The van der Waals surface area contributed by atoms with E-state index in [9.17, 15) is 4.79 Å². The maximum Gasteiger partial charge on any atom is 0.291 e. The van der Waals surface area contributed by atoms with E-state index in [1.54, 1.807) is 7.05 Å². The number of halogens is 1. The lowest BCUT2D eigenvalue weighted by molar-refractivity contribution is 0.0940. The summed E-state index contributed by atoms with van der Waals surface area (Å²) in [5.41, 5.74) is 1.97. The van der Waals surface area contributed by atoms with Crippen molar-refractivity contribution in [3.05, 3.63) is 46.5 Å². The van der Waals surface area contributed by atoms with Crippen molar-refractivity contribution in [1.82, 2.24) is 20.1 Å². The van der Waals surface area contributed by atoms with Gasteiger partial charge in [0.2, 0.25) is 5.82 Å². The third kappa shape index (κ3) is 2.87. The molecule has 0 aliphatic rings. The summed E-state index contributed by atoms with van der Waals surface area (Å²) in [5.74, 6) is -0.119.